The van der Waals surface area contributed by atoms with Crippen LogP contribution in [0.1, 0.15) is 12.1 Å². The third-order valence-electron chi connectivity index (χ3n) is 5.84. The second-order valence-corrected chi connectivity index (χ2v) is 8.19. The maximum atomic E-state index is 11.8. The number of carbonyl (C=O) groups is 1. The fourth-order valence-electron chi connectivity index (χ4n) is 3.95. The normalized spacial score (nSPS) is 10.8. The number of aryl methyl sites for hydroxylation is 2. The predicted octanol–water partition coefficient (Wildman–Crippen LogP) is 5.32. The summed E-state index contributed by atoms with van der Waals surface area (Å²) in [5, 5.41) is 7.21. The molecular formula is C27H30N6O2. The first-order valence-corrected chi connectivity index (χ1v) is 11.4. The molecule has 0 bridgehead atoms. The lowest BCUT2D eigenvalue weighted by Crippen LogP contribution is -2.21. The zero-order valence-electron chi connectivity index (χ0n) is 20.3. The lowest BCUT2D eigenvalue weighted by Gasteiger charge is -2.24. The molecule has 1 amide bonds. The van der Waals surface area contributed by atoms with Gasteiger partial charge in [-0.3, -0.25) is 4.79 Å². The summed E-state index contributed by atoms with van der Waals surface area (Å²) in [6.07, 6.45) is 3.80. The van der Waals surface area contributed by atoms with E-state index in [2.05, 4.69) is 69.9 Å². The number of hydrogen-bond donors (Lipinski definition) is 2. The van der Waals surface area contributed by atoms with Crippen LogP contribution in [0.4, 0.5) is 28.8 Å². The van der Waals surface area contributed by atoms with E-state index in [1.807, 2.05) is 30.3 Å². The molecule has 4 aromatic rings. The highest BCUT2D eigenvalue weighted by Gasteiger charge is 2.14. The highest BCUT2D eigenvalue weighted by atomic mass is 16.5. The lowest BCUT2D eigenvalue weighted by atomic mass is 10.2. The van der Waals surface area contributed by atoms with E-state index >= 15 is 0 Å². The van der Waals surface area contributed by atoms with E-state index in [0.717, 1.165) is 24.5 Å². The Labute approximate surface area is 205 Å². The number of rotatable bonds is 10. The van der Waals surface area contributed by atoms with Gasteiger partial charge in [-0.15, -0.1) is 0 Å². The van der Waals surface area contributed by atoms with Crippen molar-refractivity contribution in [1.29, 1.82) is 0 Å². The summed E-state index contributed by atoms with van der Waals surface area (Å²) < 4.78 is 7.48. The average molecular weight is 471 g/mol. The van der Waals surface area contributed by atoms with Gasteiger partial charge in [-0.2, -0.15) is 4.98 Å². The number of benzene rings is 2. The fourth-order valence-corrected chi connectivity index (χ4v) is 3.95. The summed E-state index contributed by atoms with van der Waals surface area (Å²) in [5.74, 6) is 0.902. The van der Waals surface area contributed by atoms with Crippen LogP contribution in [0.2, 0.25) is 0 Å². The van der Waals surface area contributed by atoms with Crippen LogP contribution in [0.3, 0.4) is 0 Å². The van der Waals surface area contributed by atoms with Crippen molar-refractivity contribution in [3.63, 3.8) is 0 Å². The fraction of sp³-hybridized carbons (Fsp3) is 0.222. The van der Waals surface area contributed by atoms with Gasteiger partial charge < -0.3 is 24.8 Å². The molecule has 0 unspecified atom stereocenters. The van der Waals surface area contributed by atoms with Crippen LogP contribution in [0, 0.1) is 6.92 Å². The number of hydrogen-bond acceptors (Lipinski definition) is 6. The summed E-state index contributed by atoms with van der Waals surface area (Å²) in [7, 11) is 3.78. The van der Waals surface area contributed by atoms with Crippen LogP contribution in [-0.4, -0.2) is 40.7 Å². The SMILES string of the molecule is C=CC(=O)Nc1ccccc1Nc1nccc(N(CCCOC)c2ccc3c(c2)cc(C)n3C)n1. The zero-order chi connectivity index (χ0) is 24.8. The number of ether oxygens (including phenoxy) is 1. The van der Waals surface area contributed by atoms with Gasteiger partial charge in [0.2, 0.25) is 11.9 Å². The number of anilines is 5. The molecule has 8 heteroatoms. The monoisotopic (exact) mass is 470 g/mol. The number of nitrogens with zero attached hydrogens (tertiary/aromatic N) is 4. The Bertz CT molecular complexity index is 1350. The Balaban J connectivity index is 1.66. The molecule has 8 nitrogen and oxygen atoms in total. The first-order chi connectivity index (χ1) is 17.0. The second-order valence-electron chi connectivity index (χ2n) is 8.19. The second kappa shape index (κ2) is 10.8. The van der Waals surface area contributed by atoms with Gasteiger partial charge in [-0.25, -0.2) is 4.98 Å². The Morgan fingerprint density at radius 1 is 1.17 bits per heavy atom. The third kappa shape index (κ3) is 5.50. The van der Waals surface area contributed by atoms with Crippen molar-refractivity contribution in [3.8, 4) is 0 Å². The average Bonchev–Trinajstić information content (AvgIpc) is 3.15. The zero-order valence-corrected chi connectivity index (χ0v) is 20.3. The minimum Gasteiger partial charge on any atom is -0.385 e. The molecule has 0 fully saturated rings. The molecule has 0 aliphatic rings. The van der Waals surface area contributed by atoms with E-state index in [4.69, 9.17) is 9.72 Å². The van der Waals surface area contributed by atoms with Crippen LogP contribution in [0.5, 0.6) is 0 Å². The Hall–Kier alpha value is -4.17. The Morgan fingerprint density at radius 2 is 1.97 bits per heavy atom. The van der Waals surface area contributed by atoms with Gasteiger partial charge in [0.15, 0.2) is 0 Å². The number of nitrogens with one attached hydrogen (secondary N) is 2. The van der Waals surface area contributed by atoms with Gasteiger partial charge in [0.25, 0.3) is 0 Å². The molecule has 0 saturated heterocycles. The van der Waals surface area contributed by atoms with Gasteiger partial charge in [0.1, 0.15) is 5.82 Å². The topological polar surface area (TPSA) is 84.3 Å². The molecule has 35 heavy (non-hydrogen) atoms. The van der Waals surface area contributed by atoms with Crippen molar-refractivity contribution in [2.75, 3.05) is 35.8 Å². The minimum absolute atomic E-state index is 0.287. The minimum atomic E-state index is -0.287. The van der Waals surface area contributed by atoms with Crippen molar-refractivity contribution in [2.45, 2.75) is 13.3 Å². The molecule has 0 spiro atoms. The smallest absolute Gasteiger partial charge is 0.247 e. The van der Waals surface area contributed by atoms with Gasteiger partial charge >= 0.3 is 0 Å². The molecule has 0 aliphatic heterocycles. The van der Waals surface area contributed by atoms with E-state index in [-0.39, 0.29) is 5.91 Å². The number of aromatic nitrogens is 3. The van der Waals surface area contributed by atoms with Crippen LogP contribution in [0.15, 0.2) is 73.4 Å². The van der Waals surface area contributed by atoms with Crippen molar-refractivity contribution in [2.24, 2.45) is 7.05 Å². The molecule has 2 aromatic heterocycles. The quantitative estimate of drug-likeness (QED) is 0.241. The van der Waals surface area contributed by atoms with E-state index in [0.29, 0.717) is 23.9 Å². The first-order valence-electron chi connectivity index (χ1n) is 11.4. The molecule has 0 atom stereocenters. The molecule has 0 saturated carbocycles. The highest BCUT2D eigenvalue weighted by Crippen LogP contribution is 2.30. The molecule has 2 heterocycles. The largest absolute Gasteiger partial charge is 0.385 e. The van der Waals surface area contributed by atoms with E-state index in [1.54, 1.807) is 13.3 Å². The van der Waals surface area contributed by atoms with Gasteiger partial charge in [-0.1, -0.05) is 18.7 Å². The number of carbonyl (C=O) groups excluding carboxylic acids is 1. The summed E-state index contributed by atoms with van der Waals surface area (Å²) in [4.78, 5) is 23.2. The molecular weight excluding hydrogens is 440 g/mol. The molecule has 4 rings (SSSR count). The van der Waals surface area contributed by atoms with Gasteiger partial charge in [-0.05, 0) is 61.9 Å². The molecule has 180 valence electrons. The number of fused-ring (bicyclic) bond motifs is 1. The number of methoxy groups -OCH3 is 1. The number of amides is 1. The van der Waals surface area contributed by atoms with E-state index in [9.17, 15) is 4.79 Å². The lowest BCUT2D eigenvalue weighted by molar-refractivity contribution is -0.111. The van der Waals surface area contributed by atoms with E-state index in [1.165, 1.54) is 22.7 Å². The van der Waals surface area contributed by atoms with Crippen LogP contribution in [-0.2, 0) is 16.6 Å². The van der Waals surface area contributed by atoms with Crippen molar-refractivity contribution >= 4 is 45.6 Å². The van der Waals surface area contributed by atoms with Crippen LogP contribution in [0.25, 0.3) is 10.9 Å². The van der Waals surface area contributed by atoms with E-state index < -0.39 is 0 Å². The molecule has 2 N–H and O–H groups in total. The van der Waals surface area contributed by atoms with Gasteiger partial charge in [0, 0.05) is 55.8 Å². The maximum Gasteiger partial charge on any atom is 0.247 e. The third-order valence-corrected chi connectivity index (χ3v) is 5.84. The summed E-state index contributed by atoms with van der Waals surface area (Å²) in [6, 6.07) is 17.9. The summed E-state index contributed by atoms with van der Waals surface area (Å²) in [5.41, 5.74) is 4.74. The molecule has 2 aromatic carbocycles. The summed E-state index contributed by atoms with van der Waals surface area (Å²) in [6.45, 7) is 7.00. The van der Waals surface area contributed by atoms with Crippen LogP contribution >= 0.6 is 0 Å². The van der Waals surface area contributed by atoms with Crippen molar-refractivity contribution < 1.29 is 9.53 Å². The number of para-hydroxylation sites is 2. The van der Waals surface area contributed by atoms with Crippen molar-refractivity contribution in [1.82, 2.24) is 14.5 Å². The maximum absolute atomic E-state index is 11.8. The first kappa shape index (κ1) is 24.0. The highest BCUT2D eigenvalue weighted by molar-refractivity contribution is 6.01. The van der Waals surface area contributed by atoms with Crippen LogP contribution < -0.4 is 15.5 Å². The standard InChI is InChI=1S/C27H30N6O2/c1-5-26(34)29-22-9-6-7-10-23(22)30-27-28-14-13-25(31-27)33(15-8-16-35-4)21-11-12-24-20(18-21)17-19(2)32(24)3/h5-7,9-14,17-18H,1,8,15-16H2,2-4H3,(H,29,34)(H,28,30,31). The molecule has 0 aliphatic carbocycles. The predicted molar refractivity (Wildman–Crippen MR) is 142 cm³/mol. The Morgan fingerprint density at radius 3 is 2.74 bits per heavy atom. The summed E-state index contributed by atoms with van der Waals surface area (Å²) >= 11 is 0. The van der Waals surface area contributed by atoms with Gasteiger partial charge in [0.05, 0.1) is 11.4 Å². The Kier molecular flexibility index (Phi) is 7.42. The van der Waals surface area contributed by atoms with Crippen molar-refractivity contribution in [3.05, 3.63) is 79.1 Å². The molecule has 0 radical (unpaired) electrons.